The van der Waals surface area contributed by atoms with Crippen LogP contribution in [0.3, 0.4) is 0 Å². The van der Waals surface area contributed by atoms with Crippen molar-refractivity contribution in [3.63, 3.8) is 0 Å². The molecular formula is C22H23F2N5O2. The van der Waals surface area contributed by atoms with E-state index in [2.05, 4.69) is 20.4 Å². The molecule has 3 aromatic rings. The monoisotopic (exact) mass is 427 g/mol. The van der Waals surface area contributed by atoms with Crippen molar-refractivity contribution in [3.8, 4) is 5.88 Å². The Morgan fingerprint density at radius 3 is 2.77 bits per heavy atom. The fourth-order valence-corrected chi connectivity index (χ4v) is 4.46. The van der Waals surface area contributed by atoms with E-state index in [1.165, 1.54) is 12.1 Å². The van der Waals surface area contributed by atoms with Crippen LogP contribution >= 0.6 is 0 Å². The molecule has 5 rings (SSSR count). The number of anilines is 2. The number of hydrogen-bond donors (Lipinski definition) is 1. The van der Waals surface area contributed by atoms with Crippen molar-refractivity contribution in [1.29, 1.82) is 0 Å². The second-order valence-corrected chi connectivity index (χ2v) is 8.08. The normalized spacial score (nSPS) is 21.0. The van der Waals surface area contributed by atoms with Gasteiger partial charge < -0.3 is 19.7 Å². The molecule has 2 fully saturated rings. The van der Waals surface area contributed by atoms with Crippen molar-refractivity contribution in [2.75, 3.05) is 30.5 Å². The van der Waals surface area contributed by atoms with Crippen molar-refractivity contribution >= 4 is 22.4 Å². The first-order chi connectivity index (χ1) is 14.9. The molecule has 0 aliphatic carbocycles. The molecule has 0 saturated carbocycles. The summed E-state index contributed by atoms with van der Waals surface area (Å²) in [5.41, 5.74) is 2.54. The van der Waals surface area contributed by atoms with Crippen LogP contribution in [0.4, 0.5) is 20.3 Å². The molecule has 0 spiro atoms. The Morgan fingerprint density at radius 1 is 1.26 bits per heavy atom. The van der Waals surface area contributed by atoms with E-state index in [-0.39, 0.29) is 12.1 Å². The van der Waals surface area contributed by atoms with E-state index < -0.39 is 17.7 Å². The lowest BCUT2D eigenvalue weighted by Gasteiger charge is -2.30. The number of hydrogen-bond acceptors (Lipinski definition) is 7. The Balaban J connectivity index is 1.57. The van der Waals surface area contributed by atoms with E-state index in [1.807, 2.05) is 13.0 Å². The van der Waals surface area contributed by atoms with Crippen LogP contribution in [0.15, 0.2) is 24.3 Å². The summed E-state index contributed by atoms with van der Waals surface area (Å²) >= 11 is 0. The number of morpholine rings is 1. The lowest BCUT2D eigenvalue weighted by Crippen LogP contribution is -2.37. The predicted molar refractivity (Wildman–Crippen MR) is 113 cm³/mol. The number of pyridine rings is 1. The van der Waals surface area contributed by atoms with Gasteiger partial charge in [-0.3, -0.25) is 0 Å². The van der Waals surface area contributed by atoms with E-state index in [0.717, 1.165) is 30.1 Å². The Hall–Kier alpha value is -3.07. The van der Waals surface area contributed by atoms with E-state index in [9.17, 15) is 8.78 Å². The first-order valence-electron chi connectivity index (χ1n) is 10.3. The van der Waals surface area contributed by atoms with Crippen LogP contribution in [-0.4, -0.2) is 47.6 Å². The molecule has 2 aromatic heterocycles. The van der Waals surface area contributed by atoms with Crippen molar-refractivity contribution in [2.45, 2.75) is 38.5 Å². The number of ether oxygens (including phenoxy) is 2. The van der Waals surface area contributed by atoms with Gasteiger partial charge in [-0.2, -0.15) is 5.10 Å². The Kier molecular flexibility index (Phi) is 4.85. The summed E-state index contributed by atoms with van der Waals surface area (Å²) in [7, 11) is 1.60. The highest BCUT2D eigenvalue weighted by Gasteiger charge is 2.40. The highest BCUT2D eigenvalue weighted by molar-refractivity contribution is 5.94. The number of fused-ring (bicyclic) bond motifs is 3. The van der Waals surface area contributed by atoms with Gasteiger partial charge in [-0.25, -0.2) is 13.8 Å². The second kappa shape index (κ2) is 7.56. The fraction of sp³-hybridized carbons (Fsp3) is 0.409. The van der Waals surface area contributed by atoms with Gasteiger partial charge in [-0.1, -0.05) is 6.07 Å². The molecule has 2 aliphatic heterocycles. The first-order valence-corrected chi connectivity index (χ1v) is 10.3. The zero-order valence-electron chi connectivity index (χ0n) is 17.5. The van der Waals surface area contributed by atoms with E-state index in [1.54, 1.807) is 14.0 Å². The number of aromatic nitrogens is 3. The highest BCUT2D eigenvalue weighted by atomic mass is 19.1. The number of methoxy groups -OCH3 is 1. The van der Waals surface area contributed by atoms with Gasteiger partial charge >= 0.3 is 0 Å². The standard InChI is InChI=1S/C22H23F2N5O2/c1-11(16-5-4-13(23)6-18(16)24)25-21-17-8-19(29-9-15-7-14(29)10-31-15)22(30-3)26-20(17)12(2)27-28-21/h4-6,8,11,14-15H,7,9-10H2,1-3H3,(H,25,28)/t11-,14?,15?/m1/s1. The maximum absolute atomic E-state index is 14.3. The molecule has 2 saturated heterocycles. The van der Waals surface area contributed by atoms with Crippen LogP contribution in [-0.2, 0) is 4.74 Å². The SMILES string of the molecule is COc1nc2c(C)nnc(N[C@H](C)c3ccc(F)cc3F)c2cc1N1CC2CC1CO2. The number of aryl methyl sites for hydroxylation is 1. The summed E-state index contributed by atoms with van der Waals surface area (Å²) in [6.45, 7) is 5.09. The molecule has 7 nitrogen and oxygen atoms in total. The minimum Gasteiger partial charge on any atom is -0.480 e. The molecule has 0 radical (unpaired) electrons. The van der Waals surface area contributed by atoms with E-state index >= 15 is 0 Å². The third-order valence-corrected chi connectivity index (χ3v) is 6.05. The van der Waals surface area contributed by atoms with Crippen molar-refractivity contribution < 1.29 is 18.3 Å². The minimum atomic E-state index is -0.613. The fourth-order valence-electron chi connectivity index (χ4n) is 4.46. The van der Waals surface area contributed by atoms with Gasteiger partial charge in [0.2, 0.25) is 5.88 Å². The summed E-state index contributed by atoms with van der Waals surface area (Å²) in [6, 6.07) is 5.38. The van der Waals surface area contributed by atoms with Gasteiger partial charge in [0.25, 0.3) is 0 Å². The molecule has 1 aromatic carbocycles. The highest BCUT2D eigenvalue weighted by Crippen LogP contribution is 2.40. The molecule has 31 heavy (non-hydrogen) atoms. The first kappa shape index (κ1) is 19.9. The molecule has 1 N–H and O–H groups in total. The third kappa shape index (κ3) is 3.42. The summed E-state index contributed by atoms with van der Waals surface area (Å²) in [6.07, 6.45) is 1.21. The van der Waals surface area contributed by atoms with E-state index in [0.29, 0.717) is 35.1 Å². The second-order valence-electron chi connectivity index (χ2n) is 8.08. The smallest absolute Gasteiger partial charge is 0.237 e. The summed E-state index contributed by atoms with van der Waals surface area (Å²) < 4.78 is 38.9. The minimum absolute atomic E-state index is 0.224. The van der Waals surface area contributed by atoms with Crippen LogP contribution in [0.1, 0.15) is 30.6 Å². The number of benzene rings is 1. The van der Waals surface area contributed by atoms with Crippen LogP contribution in [0.5, 0.6) is 5.88 Å². The third-order valence-electron chi connectivity index (χ3n) is 6.05. The molecular weight excluding hydrogens is 404 g/mol. The van der Waals surface area contributed by atoms with Gasteiger partial charge in [0.15, 0.2) is 5.82 Å². The average molecular weight is 427 g/mol. The maximum atomic E-state index is 14.3. The Labute approximate surface area is 178 Å². The van der Waals surface area contributed by atoms with Crippen LogP contribution in [0.25, 0.3) is 10.9 Å². The molecule has 2 aliphatic rings. The molecule has 2 unspecified atom stereocenters. The summed E-state index contributed by atoms with van der Waals surface area (Å²) in [5, 5.41) is 12.5. The maximum Gasteiger partial charge on any atom is 0.237 e. The lowest BCUT2D eigenvalue weighted by atomic mass is 10.1. The number of halogens is 2. The molecule has 162 valence electrons. The molecule has 9 heteroatoms. The van der Waals surface area contributed by atoms with Gasteiger partial charge in [0.05, 0.1) is 37.6 Å². The van der Waals surface area contributed by atoms with Gasteiger partial charge in [-0.05, 0) is 32.4 Å². The van der Waals surface area contributed by atoms with Gasteiger partial charge in [0, 0.05) is 23.6 Å². The largest absolute Gasteiger partial charge is 0.480 e. The number of nitrogens with one attached hydrogen (secondary N) is 1. The van der Waals surface area contributed by atoms with Crippen molar-refractivity contribution in [3.05, 3.63) is 47.2 Å². The Bertz CT molecular complexity index is 1160. The topological polar surface area (TPSA) is 72.4 Å². The molecule has 4 heterocycles. The summed E-state index contributed by atoms with van der Waals surface area (Å²) in [5.74, 6) is -0.217. The van der Waals surface area contributed by atoms with Crippen LogP contribution in [0.2, 0.25) is 0 Å². The predicted octanol–water partition coefficient (Wildman–Crippen LogP) is 3.77. The lowest BCUT2D eigenvalue weighted by molar-refractivity contribution is 0.0989. The van der Waals surface area contributed by atoms with Crippen LogP contribution < -0.4 is 15.0 Å². The summed E-state index contributed by atoms with van der Waals surface area (Å²) in [4.78, 5) is 6.99. The molecule has 3 atom stereocenters. The van der Waals surface area contributed by atoms with Gasteiger partial charge in [0.1, 0.15) is 22.8 Å². The van der Waals surface area contributed by atoms with Crippen LogP contribution in [0, 0.1) is 18.6 Å². The van der Waals surface area contributed by atoms with E-state index in [4.69, 9.17) is 14.5 Å². The van der Waals surface area contributed by atoms with Crippen molar-refractivity contribution in [1.82, 2.24) is 15.2 Å². The zero-order valence-corrected chi connectivity index (χ0v) is 17.5. The average Bonchev–Trinajstić information content (AvgIpc) is 3.38. The number of rotatable bonds is 5. The zero-order chi connectivity index (χ0) is 21.7. The Morgan fingerprint density at radius 2 is 2.10 bits per heavy atom. The van der Waals surface area contributed by atoms with Gasteiger partial charge in [-0.15, -0.1) is 5.10 Å². The molecule has 0 amide bonds. The van der Waals surface area contributed by atoms with Crippen molar-refractivity contribution in [2.24, 2.45) is 0 Å². The molecule has 2 bridgehead atoms. The number of nitrogens with zero attached hydrogens (tertiary/aromatic N) is 4. The quantitative estimate of drug-likeness (QED) is 0.665.